The Morgan fingerprint density at radius 1 is 0.326 bits per heavy atom. The van der Waals surface area contributed by atoms with Crippen LogP contribution >= 0.6 is 0 Å². The Hall–Kier alpha value is -9.12. The van der Waals surface area contributed by atoms with Crippen LogP contribution in [0, 0.1) is 0 Å². The summed E-state index contributed by atoms with van der Waals surface area (Å²) in [5.41, 5.74) is 23.1. The van der Waals surface area contributed by atoms with Crippen molar-refractivity contribution in [3.63, 3.8) is 0 Å². The lowest BCUT2D eigenvalue weighted by atomic mass is 9.82. The maximum atomic E-state index is 7.52. The molecule has 12 aromatic carbocycles. The lowest BCUT2D eigenvalue weighted by molar-refractivity contribution is 0.590. The number of hydrogen-bond acceptors (Lipinski definition) is 4. The molecule has 92 heavy (non-hydrogen) atoms. The van der Waals surface area contributed by atoms with E-state index in [4.69, 9.17) is 8.83 Å². The molecule has 0 saturated heterocycles. The summed E-state index contributed by atoms with van der Waals surface area (Å²) in [6, 6.07) is 79.0. The van der Waals surface area contributed by atoms with Crippen LogP contribution in [0.1, 0.15) is 178 Å². The fraction of sp³-hybridized carbons (Fsp3) is 0.273. The standard InChI is InChI=1S/C88H84N2O2/c1-53(2)61-27-15-17-29-63(61)67-31-19-33-69-71-35-21-37-77(85(71)91-83(67)69)89(59-43-39-57(40-44-59)87(5,6)7)79-51-75(55-23-11-12-24-55)65-48-50-74-80(52-76(56-25-13-14-26-56)66-47-49-73(79)81(65)82(66)74)90(60-45-41-58(42-46-60)88(8,9)10)78-38-22-36-72-70-34-20-32-68(84(70)92-86(72)78)64-30-18-16-28-62(64)54(3)4/h15-22,27-56H,11-14,23-26H2,1-10H3. The highest BCUT2D eigenvalue weighted by molar-refractivity contribution is 6.30. The first kappa shape index (κ1) is 58.0. The molecule has 4 nitrogen and oxygen atoms in total. The van der Waals surface area contributed by atoms with Crippen LogP contribution < -0.4 is 9.80 Å². The molecule has 0 amide bonds. The lowest BCUT2D eigenvalue weighted by Crippen LogP contribution is -2.15. The molecule has 4 heteroatoms. The van der Waals surface area contributed by atoms with Gasteiger partial charge < -0.3 is 18.6 Å². The molecule has 0 atom stereocenters. The zero-order valence-corrected chi connectivity index (χ0v) is 55.3. The Labute approximate surface area is 542 Å². The van der Waals surface area contributed by atoms with E-state index >= 15 is 0 Å². The van der Waals surface area contributed by atoms with Crippen LogP contribution in [0.2, 0.25) is 0 Å². The first-order valence-electron chi connectivity index (χ1n) is 34.3. The van der Waals surface area contributed by atoms with Gasteiger partial charge in [0.2, 0.25) is 0 Å². The summed E-state index contributed by atoms with van der Waals surface area (Å²) in [4.78, 5) is 5.14. The van der Waals surface area contributed by atoms with Crippen molar-refractivity contribution in [2.45, 2.75) is 155 Å². The molecule has 0 N–H and O–H groups in total. The van der Waals surface area contributed by atoms with E-state index in [9.17, 15) is 0 Å². The van der Waals surface area contributed by atoms with Crippen molar-refractivity contribution in [3.05, 3.63) is 240 Å². The van der Waals surface area contributed by atoms with Crippen LogP contribution in [-0.2, 0) is 10.8 Å². The maximum absolute atomic E-state index is 7.52. The van der Waals surface area contributed by atoms with Crippen molar-refractivity contribution in [2.75, 3.05) is 9.80 Å². The number of rotatable bonds is 12. The van der Waals surface area contributed by atoms with Crippen LogP contribution in [0.3, 0.4) is 0 Å². The summed E-state index contributed by atoms with van der Waals surface area (Å²) >= 11 is 0. The average Bonchev–Trinajstić information content (AvgIpc) is 0.721. The molecular weight excluding hydrogens is 1120 g/mol. The van der Waals surface area contributed by atoms with Gasteiger partial charge in [0, 0.05) is 54.8 Å². The lowest BCUT2D eigenvalue weighted by Gasteiger charge is -2.32. The third-order valence-electron chi connectivity index (χ3n) is 21.2. The normalized spacial score (nSPS) is 14.6. The first-order valence-corrected chi connectivity index (χ1v) is 34.3. The van der Waals surface area contributed by atoms with Crippen LogP contribution in [0.15, 0.2) is 215 Å². The second-order valence-electron chi connectivity index (χ2n) is 29.6. The monoisotopic (exact) mass is 1200 g/mol. The van der Waals surface area contributed by atoms with E-state index in [0.29, 0.717) is 23.7 Å². The molecule has 2 saturated carbocycles. The van der Waals surface area contributed by atoms with Crippen molar-refractivity contribution >= 4 is 110 Å². The summed E-state index contributed by atoms with van der Waals surface area (Å²) in [6.45, 7) is 23.1. The molecule has 0 spiro atoms. The molecule has 0 unspecified atom stereocenters. The molecule has 2 aliphatic carbocycles. The zero-order chi connectivity index (χ0) is 62.9. The van der Waals surface area contributed by atoms with Crippen LogP contribution in [-0.4, -0.2) is 0 Å². The van der Waals surface area contributed by atoms with Crippen molar-refractivity contribution in [1.29, 1.82) is 0 Å². The highest BCUT2D eigenvalue weighted by atomic mass is 16.3. The number of benzene rings is 12. The molecule has 0 radical (unpaired) electrons. The maximum Gasteiger partial charge on any atom is 0.159 e. The first-order chi connectivity index (χ1) is 44.6. The van der Waals surface area contributed by atoms with E-state index in [0.717, 1.165) is 77.8 Å². The van der Waals surface area contributed by atoms with Crippen molar-refractivity contribution in [2.24, 2.45) is 0 Å². The largest absolute Gasteiger partial charge is 0.453 e. The third kappa shape index (κ3) is 9.52. The fourth-order valence-corrected chi connectivity index (χ4v) is 16.4. The van der Waals surface area contributed by atoms with Crippen molar-refractivity contribution in [1.82, 2.24) is 0 Å². The van der Waals surface area contributed by atoms with Gasteiger partial charge in [-0.05, 0) is 175 Å². The Morgan fingerprint density at radius 2 is 0.663 bits per heavy atom. The quantitative estimate of drug-likeness (QED) is 0.114. The summed E-state index contributed by atoms with van der Waals surface area (Å²) in [5.74, 6) is 1.54. The zero-order valence-electron chi connectivity index (χ0n) is 55.3. The topological polar surface area (TPSA) is 32.8 Å². The van der Waals surface area contributed by atoms with Gasteiger partial charge in [-0.15, -0.1) is 0 Å². The number of anilines is 6. The minimum Gasteiger partial charge on any atom is -0.453 e. The van der Waals surface area contributed by atoms with Crippen LogP contribution in [0.5, 0.6) is 0 Å². The summed E-state index contributed by atoms with van der Waals surface area (Å²) < 4.78 is 15.0. The van der Waals surface area contributed by atoms with E-state index in [1.165, 1.54) is 140 Å². The molecule has 2 aliphatic rings. The predicted molar refractivity (Wildman–Crippen MR) is 393 cm³/mol. The van der Waals surface area contributed by atoms with Gasteiger partial charge in [-0.25, -0.2) is 0 Å². The Morgan fingerprint density at radius 3 is 1.03 bits per heavy atom. The van der Waals surface area contributed by atoms with Gasteiger partial charge in [-0.2, -0.15) is 0 Å². The molecule has 458 valence electrons. The minimum absolute atomic E-state index is 0.0246. The average molecular weight is 1200 g/mol. The van der Waals surface area contributed by atoms with Gasteiger partial charge in [0.15, 0.2) is 11.2 Å². The molecule has 2 heterocycles. The number of para-hydroxylation sites is 4. The number of fused-ring (bicyclic) bond motifs is 6. The molecule has 14 aromatic rings. The van der Waals surface area contributed by atoms with Gasteiger partial charge in [-0.3, -0.25) is 0 Å². The van der Waals surface area contributed by atoms with E-state index in [1.54, 1.807) is 0 Å². The van der Waals surface area contributed by atoms with Crippen LogP contribution in [0.25, 0.3) is 98.4 Å². The number of furan rings is 2. The minimum atomic E-state index is -0.0246. The summed E-state index contributed by atoms with van der Waals surface area (Å²) in [6.07, 6.45) is 9.63. The van der Waals surface area contributed by atoms with Gasteiger partial charge >= 0.3 is 0 Å². The third-order valence-corrected chi connectivity index (χ3v) is 21.2. The number of nitrogens with zero attached hydrogens (tertiary/aromatic N) is 2. The van der Waals surface area contributed by atoms with Gasteiger partial charge in [0.25, 0.3) is 0 Å². The van der Waals surface area contributed by atoms with E-state index in [2.05, 4.69) is 285 Å². The SMILES string of the molecule is CC(C)c1ccccc1-c1cccc2c1oc1c(N(c3ccc(C(C)(C)C)cc3)c3cc(C4CCCC4)c4ccc5c(N(c6ccc(C(C)(C)C)cc6)c6cccc7c6oc6c(-c8ccccc8C(C)C)cccc67)cc(C6CCCC6)c6ccc3c4c65)cccc12. The van der Waals surface area contributed by atoms with Gasteiger partial charge in [0.1, 0.15) is 11.2 Å². The molecule has 0 bridgehead atoms. The van der Waals surface area contributed by atoms with E-state index in [1.807, 2.05) is 0 Å². The van der Waals surface area contributed by atoms with Crippen molar-refractivity contribution in [3.8, 4) is 22.3 Å². The second-order valence-corrected chi connectivity index (χ2v) is 29.6. The Bertz CT molecular complexity index is 4820. The fourth-order valence-electron chi connectivity index (χ4n) is 16.4. The summed E-state index contributed by atoms with van der Waals surface area (Å²) in [7, 11) is 0. The number of hydrogen-bond donors (Lipinski definition) is 0. The Balaban J connectivity index is 0.999. The van der Waals surface area contributed by atoms with Crippen LogP contribution in [0.4, 0.5) is 34.1 Å². The smallest absolute Gasteiger partial charge is 0.159 e. The molecule has 16 rings (SSSR count). The molecular formula is C88H84N2O2. The highest BCUT2D eigenvalue weighted by Gasteiger charge is 2.33. The molecule has 2 aromatic heterocycles. The molecule has 0 aliphatic heterocycles. The van der Waals surface area contributed by atoms with Gasteiger partial charge in [-0.1, -0.05) is 253 Å². The van der Waals surface area contributed by atoms with Gasteiger partial charge in [0.05, 0.1) is 22.7 Å². The molecule has 2 fully saturated rings. The van der Waals surface area contributed by atoms with E-state index < -0.39 is 0 Å². The Kier molecular flexibility index (Phi) is 14.1. The highest BCUT2D eigenvalue weighted by Crippen LogP contribution is 2.56. The van der Waals surface area contributed by atoms with E-state index in [-0.39, 0.29) is 10.8 Å². The summed E-state index contributed by atoms with van der Waals surface area (Å²) in [5, 5.41) is 12.4. The van der Waals surface area contributed by atoms with Crippen molar-refractivity contribution < 1.29 is 8.83 Å². The predicted octanol–water partition coefficient (Wildman–Crippen LogP) is 26.8. The second kappa shape index (κ2) is 22.3.